The molecule has 0 aromatic heterocycles. The molecule has 0 aromatic carbocycles. The molecule has 2 amide bonds. The van der Waals surface area contributed by atoms with Crippen molar-refractivity contribution in [3.05, 3.63) is 0 Å². The lowest BCUT2D eigenvalue weighted by Crippen LogP contribution is -2.50. The number of ether oxygens (including phenoxy) is 1. The molecule has 0 atom stereocenters. The molecule has 0 saturated carbocycles. The van der Waals surface area contributed by atoms with Gasteiger partial charge in [-0.15, -0.1) is 0 Å². The van der Waals surface area contributed by atoms with E-state index in [4.69, 9.17) is 0 Å². The van der Waals surface area contributed by atoms with Gasteiger partial charge in [0.15, 0.2) is 0 Å². The van der Waals surface area contributed by atoms with Gasteiger partial charge in [0, 0.05) is 6.54 Å². The van der Waals surface area contributed by atoms with E-state index in [1.807, 2.05) is 0 Å². The highest BCUT2D eigenvalue weighted by molar-refractivity contribution is 7.88. The molecular weight excluding hydrogens is 198 g/mol. The topological polar surface area (TPSA) is 88.1 Å². The Kier molecular flexibility index (Phi) is 2.41. The van der Waals surface area contributed by atoms with Crippen molar-refractivity contribution in [3.8, 4) is 0 Å². The zero-order valence-corrected chi connectivity index (χ0v) is 7.96. The molecule has 1 rings (SSSR count). The average Bonchev–Trinajstić information content (AvgIpc) is 2.02. The van der Waals surface area contributed by atoms with Crippen molar-refractivity contribution in [3.63, 3.8) is 0 Å². The number of nitrogens with one attached hydrogen (secondary N) is 1. The maximum Gasteiger partial charge on any atom is 0.352 e. The van der Waals surface area contributed by atoms with E-state index in [1.54, 1.807) is 0 Å². The average molecular weight is 207 g/mol. The molecule has 0 bridgehead atoms. The van der Waals surface area contributed by atoms with Crippen molar-refractivity contribution in [2.75, 3.05) is 13.7 Å². The van der Waals surface area contributed by atoms with Crippen molar-refractivity contribution in [1.82, 2.24) is 9.62 Å². The molecule has 13 heavy (non-hydrogen) atoms. The van der Waals surface area contributed by atoms with Crippen LogP contribution in [0.25, 0.3) is 0 Å². The molecule has 0 aliphatic carbocycles. The standard InChI is InChI=1S/C5H9N3O4S/c1-3-8-5(9)6-4(12-2)7-13(8,10)11/h3H2,1-2H3,(H,6,7,9). The van der Waals surface area contributed by atoms with E-state index < -0.39 is 16.2 Å². The van der Waals surface area contributed by atoms with Gasteiger partial charge in [0.25, 0.3) is 0 Å². The highest BCUT2D eigenvalue weighted by Crippen LogP contribution is 2.07. The summed E-state index contributed by atoms with van der Waals surface area (Å²) >= 11 is 0. The van der Waals surface area contributed by atoms with E-state index in [0.29, 0.717) is 4.31 Å². The lowest BCUT2D eigenvalue weighted by molar-refractivity contribution is 0.224. The number of nitrogens with zero attached hydrogens (tertiary/aromatic N) is 2. The quantitative estimate of drug-likeness (QED) is 0.614. The molecule has 0 saturated heterocycles. The third-order valence-corrected chi connectivity index (χ3v) is 2.78. The lowest BCUT2D eigenvalue weighted by atomic mass is 10.7. The second-order valence-corrected chi connectivity index (χ2v) is 3.69. The van der Waals surface area contributed by atoms with Crippen molar-refractivity contribution in [1.29, 1.82) is 0 Å². The number of hydrogen-bond acceptors (Lipinski definition) is 4. The van der Waals surface area contributed by atoms with Crippen molar-refractivity contribution < 1.29 is 17.9 Å². The van der Waals surface area contributed by atoms with Crippen LogP contribution < -0.4 is 5.32 Å². The van der Waals surface area contributed by atoms with Gasteiger partial charge in [-0.2, -0.15) is 8.42 Å². The number of carbonyl (C=O) groups excluding carboxylic acids is 1. The Bertz CT molecular complexity index is 347. The van der Waals surface area contributed by atoms with E-state index in [9.17, 15) is 13.2 Å². The predicted octanol–water partition coefficient (Wildman–Crippen LogP) is -0.721. The van der Waals surface area contributed by atoms with Gasteiger partial charge in [0.05, 0.1) is 7.11 Å². The fourth-order valence-corrected chi connectivity index (χ4v) is 1.84. The summed E-state index contributed by atoms with van der Waals surface area (Å²) in [5, 5.41) is 2.16. The summed E-state index contributed by atoms with van der Waals surface area (Å²) < 4.78 is 30.7. The van der Waals surface area contributed by atoms with E-state index >= 15 is 0 Å². The van der Waals surface area contributed by atoms with Gasteiger partial charge in [0.2, 0.25) is 0 Å². The van der Waals surface area contributed by atoms with Crippen LogP contribution in [0.4, 0.5) is 4.79 Å². The second kappa shape index (κ2) is 3.21. The van der Waals surface area contributed by atoms with Gasteiger partial charge < -0.3 is 4.74 Å². The molecule has 8 heteroatoms. The molecule has 7 nitrogen and oxygen atoms in total. The van der Waals surface area contributed by atoms with Crippen molar-refractivity contribution in [2.24, 2.45) is 4.40 Å². The first kappa shape index (κ1) is 9.78. The van der Waals surface area contributed by atoms with Crippen LogP contribution in [0.5, 0.6) is 0 Å². The van der Waals surface area contributed by atoms with Crippen LogP contribution in [0.2, 0.25) is 0 Å². The zero-order valence-electron chi connectivity index (χ0n) is 7.14. The molecule has 74 valence electrons. The molecule has 0 radical (unpaired) electrons. The number of rotatable bonds is 1. The summed E-state index contributed by atoms with van der Waals surface area (Å²) in [6.45, 7) is 1.57. The summed E-state index contributed by atoms with van der Waals surface area (Å²) in [7, 11) is -2.68. The second-order valence-electron chi connectivity index (χ2n) is 2.17. The normalized spacial score (nSPS) is 20.6. The Hall–Kier alpha value is -1.31. The van der Waals surface area contributed by atoms with Crippen LogP contribution in [-0.4, -0.2) is 38.4 Å². The molecule has 1 aliphatic heterocycles. The third-order valence-electron chi connectivity index (χ3n) is 1.40. The highest BCUT2D eigenvalue weighted by Gasteiger charge is 2.32. The third kappa shape index (κ3) is 1.72. The fourth-order valence-electron chi connectivity index (χ4n) is 0.831. The van der Waals surface area contributed by atoms with Crippen LogP contribution in [0, 0.1) is 0 Å². The van der Waals surface area contributed by atoms with Gasteiger partial charge in [-0.05, 0) is 6.92 Å². The summed E-state index contributed by atoms with van der Waals surface area (Å²) in [4.78, 5) is 11.1. The molecule has 1 N–H and O–H groups in total. The van der Waals surface area contributed by atoms with Gasteiger partial charge in [-0.25, -0.2) is 9.10 Å². The molecule has 1 heterocycles. The highest BCUT2D eigenvalue weighted by atomic mass is 32.2. The minimum absolute atomic E-state index is 0.0364. The first-order valence-corrected chi connectivity index (χ1v) is 4.88. The maximum absolute atomic E-state index is 11.2. The minimum Gasteiger partial charge on any atom is -0.468 e. The number of amides is 2. The SMILES string of the molecule is CCN1C(=O)NC(OC)=NS1(=O)=O. The lowest BCUT2D eigenvalue weighted by Gasteiger charge is -2.22. The number of hydrogen-bond donors (Lipinski definition) is 1. The molecule has 0 unspecified atom stereocenters. The molecule has 1 aliphatic rings. The first-order valence-electron chi connectivity index (χ1n) is 3.49. The zero-order chi connectivity index (χ0) is 10.1. The van der Waals surface area contributed by atoms with Crippen molar-refractivity contribution in [2.45, 2.75) is 6.92 Å². The monoisotopic (exact) mass is 207 g/mol. The number of carbonyl (C=O) groups is 1. The van der Waals surface area contributed by atoms with Crippen LogP contribution >= 0.6 is 0 Å². The fraction of sp³-hybridized carbons (Fsp3) is 0.600. The largest absolute Gasteiger partial charge is 0.468 e. The van der Waals surface area contributed by atoms with Gasteiger partial charge in [-0.3, -0.25) is 5.32 Å². The summed E-state index contributed by atoms with van der Waals surface area (Å²) in [5.41, 5.74) is 0. The maximum atomic E-state index is 11.2. The number of urea groups is 1. The Morgan fingerprint density at radius 3 is 2.62 bits per heavy atom. The van der Waals surface area contributed by atoms with Crippen LogP contribution in [0.15, 0.2) is 4.40 Å². The van der Waals surface area contributed by atoms with Gasteiger partial charge in [0.1, 0.15) is 0 Å². The Morgan fingerprint density at radius 1 is 1.62 bits per heavy atom. The van der Waals surface area contributed by atoms with E-state index in [0.717, 1.165) is 0 Å². The number of methoxy groups -OCH3 is 1. The predicted molar refractivity (Wildman–Crippen MR) is 44.3 cm³/mol. The van der Waals surface area contributed by atoms with E-state index in [2.05, 4.69) is 14.5 Å². The Morgan fingerprint density at radius 2 is 2.23 bits per heavy atom. The summed E-state index contributed by atoms with van der Waals surface area (Å²) in [5.74, 6) is 0. The molecule has 0 spiro atoms. The van der Waals surface area contributed by atoms with Crippen molar-refractivity contribution >= 4 is 22.3 Å². The van der Waals surface area contributed by atoms with E-state index in [-0.39, 0.29) is 12.6 Å². The number of amidine groups is 1. The minimum atomic E-state index is -3.90. The Balaban J connectivity index is 3.11. The van der Waals surface area contributed by atoms with Crippen LogP contribution in [0.1, 0.15) is 6.92 Å². The summed E-state index contributed by atoms with van der Waals surface area (Å²) in [6.07, 6.45) is 0. The Labute approximate surface area is 75.6 Å². The first-order chi connectivity index (χ1) is 6.01. The smallest absolute Gasteiger partial charge is 0.352 e. The van der Waals surface area contributed by atoms with Crippen LogP contribution in [-0.2, 0) is 14.9 Å². The molecule has 0 fully saturated rings. The van der Waals surface area contributed by atoms with Crippen LogP contribution in [0.3, 0.4) is 0 Å². The van der Waals surface area contributed by atoms with Gasteiger partial charge >= 0.3 is 22.3 Å². The van der Waals surface area contributed by atoms with Gasteiger partial charge in [-0.1, -0.05) is 4.40 Å². The summed E-state index contributed by atoms with van der Waals surface area (Å²) in [6, 6.07) is -1.07. The molecule has 0 aromatic rings. The van der Waals surface area contributed by atoms with E-state index in [1.165, 1.54) is 14.0 Å². The molecular formula is C5H9N3O4S.